The predicted molar refractivity (Wildman–Crippen MR) is 90.6 cm³/mol. The van der Waals surface area contributed by atoms with E-state index in [0.717, 1.165) is 0 Å². The average molecular weight is 344 g/mol. The fraction of sp³-hybridized carbons (Fsp3) is 0.222. The van der Waals surface area contributed by atoms with E-state index in [1.54, 1.807) is 30.3 Å². The Morgan fingerprint density at radius 1 is 1.20 bits per heavy atom. The number of hydrogen-bond acceptors (Lipinski definition) is 5. The van der Waals surface area contributed by atoms with Crippen molar-refractivity contribution in [2.24, 2.45) is 5.16 Å². The van der Waals surface area contributed by atoms with E-state index in [1.165, 1.54) is 26.4 Å². The first-order valence-corrected chi connectivity index (χ1v) is 7.61. The van der Waals surface area contributed by atoms with Crippen LogP contribution in [0.25, 0.3) is 0 Å². The van der Waals surface area contributed by atoms with E-state index in [4.69, 9.17) is 14.3 Å². The molecular weight excluding hydrogens is 327 g/mol. The van der Waals surface area contributed by atoms with Gasteiger partial charge in [-0.05, 0) is 12.1 Å². The molecular formula is C18H17FN2O4. The molecule has 0 saturated heterocycles. The van der Waals surface area contributed by atoms with Crippen molar-refractivity contribution in [1.82, 2.24) is 0 Å². The predicted octanol–water partition coefficient (Wildman–Crippen LogP) is 2.97. The Balaban J connectivity index is 1.67. The molecule has 0 bridgehead atoms. The molecule has 0 spiro atoms. The van der Waals surface area contributed by atoms with E-state index in [9.17, 15) is 9.18 Å². The van der Waals surface area contributed by atoms with Gasteiger partial charge < -0.3 is 19.6 Å². The van der Waals surface area contributed by atoms with Crippen molar-refractivity contribution in [3.8, 4) is 11.5 Å². The SMILES string of the molecule is COc1cc(NC(=O)C2CC(c3cccc(F)c3)=NO2)cc(OC)c1. The van der Waals surface area contributed by atoms with Crippen LogP contribution >= 0.6 is 0 Å². The molecule has 1 unspecified atom stereocenters. The zero-order chi connectivity index (χ0) is 17.8. The van der Waals surface area contributed by atoms with Crippen molar-refractivity contribution in [1.29, 1.82) is 0 Å². The van der Waals surface area contributed by atoms with Crippen molar-refractivity contribution in [2.45, 2.75) is 12.5 Å². The Hall–Kier alpha value is -3.09. The summed E-state index contributed by atoms with van der Waals surface area (Å²) >= 11 is 0. The van der Waals surface area contributed by atoms with Gasteiger partial charge in [-0.1, -0.05) is 17.3 Å². The molecule has 0 fully saturated rings. The zero-order valence-corrected chi connectivity index (χ0v) is 13.8. The molecule has 0 aromatic heterocycles. The van der Waals surface area contributed by atoms with Gasteiger partial charge in [0.05, 0.1) is 19.9 Å². The minimum absolute atomic E-state index is 0.260. The third kappa shape index (κ3) is 3.88. The Kier molecular flexibility index (Phi) is 4.83. The molecule has 0 radical (unpaired) electrons. The van der Waals surface area contributed by atoms with Crippen molar-refractivity contribution in [3.63, 3.8) is 0 Å². The van der Waals surface area contributed by atoms with E-state index in [0.29, 0.717) is 28.5 Å². The molecule has 1 aliphatic rings. The summed E-state index contributed by atoms with van der Waals surface area (Å²) < 4.78 is 23.6. The quantitative estimate of drug-likeness (QED) is 0.905. The third-order valence-corrected chi connectivity index (χ3v) is 3.74. The standard InChI is InChI=1S/C18H17FN2O4/c1-23-14-7-13(8-15(9-14)24-2)20-18(22)17-10-16(21-25-17)11-4-3-5-12(19)6-11/h3-9,17H,10H2,1-2H3,(H,20,22). The highest BCUT2D eigenvalue weighted by Crippen LogP contribution is 2.26. The van der Waals surface area contributed by atoms with Crippen LogP contribution < -0.4 is 14.8 Å². The molecule has 6 nitrogen and oxygen atoms in total. The first kappa shape index (κ1) is 16.8. The van der Waals surface area contributed by atoms with Gasteiger partial charge in [0.2, 0.25) is 6.10 Å². The van der Waals surface area contributed by atoms with Gasteiger partial charge in [0.15, 0.2) is 0 Å². The molecule has 1 N–H and O–H groups in total. The number of hydrogen-bond donors (Lipinski definition) is 1. The summed E-state index contributed by atoms with van der Waals surface area (Å²) in [5, 5.41) is 6.64. The second-order valence-electron chi connectivity index (χ2n) is 5.44. The van der Waals surface area contributed by atoms with Gasteiger partial charge >= 0.3 is 0 Å². The lowest BCUT2D eigenvalue weighted by Crippen LogP contribution is -2.28. The van der Waals surface area contributed by atoms with Crippen molar-refractivity contribution in [2.75, 3.05) is 19.5 Å². The molecule has 7 heteroatoms. The molecule has 25 heavy (non-hydrogen) atoms. The summed E-state index contributed by atoms with van der Waals surface area (Å²) in [6.07, 6.45) is -0.522. The molecule has 1 amide bonds. The Morgan fingerprint density at radius 2 is 1.92 bits per heavy atom. The third-order valence-electron chi connectivity index (χ3n) is 3.74. The van der Waals surface area contributed by atoms with Crippen molar-refractivity contribution in [3.05, 3.63) is 53.8 Å². The molecule has 2 aromatic rings. The summed E-state index contributed by atoms with van der Waals surface area (Å²) in [5.74, 6) is 0.388. The summed E-state index contributed by atoms with van der Waals surface area (Å²) in [7, 11) is 3.05. The molecule has 2 aromatic carbocycles. The second kappa shape index (κ2) is 7.21. The Labute approximate surface area is 144 Å². The minimum atomic E-state index is -0.782. The number of anilines is 1. The van der Waals surface area contributed by atoms with Crippen LogP contribution in [0.3, 0.4) is 0 Å². The number of amides is 1. The van der Waals surface area contributed by atoms with Gasteiger partial charge in [-0.25, -0.2) is 4.39 Å². The zero-order valence-electron chi connectivity index (χ0n) is 13.8. The van der Waals surface area contributed by atoms with E-state index < -0.39 is 6.10 Å². The molecule has 0 saturated carbocycles. The summed E-state index contributed by atoms with van der Waals surface area (Å²) in [6.45, 7) is 0. The molecule has 3 rings (SSSR count). The number of oxime groups is 1. The maximum Gasteiger partial charge on any atom is 0.268 e. The highest BCUT2D eigenvalue weighted by Gasteiger charge is 2.29. The number of rotatable bonds is 5. The second-order valence-corrected chi connectivity index (χ2v) is 5.44. The van der Waals surface area contributed by atoms with Gasteiger partial charge in [-0.3, -0.25) is 4.79 Å². The molecule has 1 heterocycles. The lowest BCUT2D eigenvalue weighted by Gasteiger charge is -2.12. The van der Waals surface area contributed by atoms with E-state index in [-0.39, 0.29) is 18.1 Å². The maximum absolute atomic E-state index is 13.3. The van der Waals surface area contributed by atoms with Crippen LogP contribution in [0.2, 0.25) is 0 Å². The molecule has 0 aliphatic carbocycles. The van der Waals surface area contributed by atoms with Crippen LogP contribution in [0.4, 0.5) is 10.1 Å². The number of methoxy groups -OCH3 is 2. The van der Waals surface area contributed by atoms with Crippen LogP contribution in [-0.2, 0) is 9.63 Å². The number of nitrogens with one attached hydrogen (secondary N) is 1. The number of nitrogens with zero attached hydrogens (tertiary/aromatic N) is 1. The highest BCUT2D eigenvalue weighted by atomic mass is 19.1. The van der Waals surface area contributed by atoms with E-state index in [1.807, 2.05) is 0 Å². The van der Waals surface area contributed by atoms with Crippen molar-refractivity contribution >= 4 is 17.3 Å². The Morgan fingerprint density at radius 3 is 2.56 bits per heavy atom. The summed E-state index contributed by atoms with van der Waals surface area (Å²) in [6, 6.07) is 11.1. The maximum atomic E-state index is 13.3. The molecule has 1 aliphatic heterocycles. The monoisotopic (exact) mass is 344 g/mol. The van der Waals surface area contributed by atoms with Crippen LogP contribution in [0.5, 0.6) is 11.5 Å². The van der Waals surface area contributed by atoms with Crippen LogP contribution in [0.1, 0.15) is 12.0 Å². The van der Waals surface area contributed by atoms with Crippen molar-refractivity contribution < 1.29 is 23.5 Å². The number of benzene rings is 2. The fourth-order valence-electron chi connectivity index (χ4n) is 2.46. The summed E-state index contributed by atoms with van der Waals surface area (Å²) in [4.78, 5) is 17.6. The van der Waals surface area contributed by atoms with Gasteiger partial charge in [-0.15, -0.1) is 0 Å². The number of ether oxygens (including phenoxy) is 2. The Bertz CT molecular complexity index is 800. The topological polar surface area (TPSA) is 69.2 Å². The smallest absolute Gasteiger partial charge is 0.268 e. The van der Waals surface area contributed by atoms with E-state index >= 15 is 0 Å². The lowest BCUT2D eigenvalue weighted by atomic mass is 10.0. The normalized spacial score (nSPS) is 16.0. The van der Waals surface area contributed by atoms with Gasteiger partial charge in [-0.2, -0.15) is 0 Å². The number of carbonyl (C=O) groups is 1. The minimum Gasteiger partial charge on any atom is -0.497 e. The van der Waals surface area contributed by atoms with E-state index in [2.05, 4.69) is 10.5 Å². The molecule has 1 atom stereocenters. The molecule has 130 valence electrons. The first-order valence-electron chi connectivity index (χ1n) is 7.61. The van der Waals surface area contributed by atoms with Gasteiger partial charge in [0.25, 0.3) is 5.91 Å². The van der Waals surface area contributed by atoms with Crippen LogP contribution in [0.15, 0.2) is 47.6 Å². The lowest BCUT2D eigenvalue weighted by molar-refractivity contribution is -0.125. The van der Waals surface area contributed by atoms with Gasteiger partial charge in [0, 0.05) is 35.9 Å². The van der Waals surface area contributed by atoms with Crippen LogP contribution in [-0.4, -0.2) is 31.9 Å². The largest absolute Gasteiger partial charge is 0.497 e. The van der Waals surface area contributed by atoms with Crippen LogP contribution in [0, 0.1) is 5.82 Å². The fourth-order valence-corrected chi connectivity index (χ4v) is 2.46. The van der Waals surface area contributed by atoms with Gasteiger partial charge in [0.1, 0.15) is 17.3 Å². The highest BCUT2D eigenvalue weighted by molar-refractivity contribution is 6.06. The average Bonchev–Trinajstić information content (AvgIpc) is 3.11. The number of halogens is 1. The number of carbonyl (C=O) groups excluding carboxylic acids is 1. The summed E-state index contributed by atoms with van der Waals surface area (Å²) in [5.41, 5.74) is 1.64. The first-order chi connectivity index (χ1) is 12.1.